The maximum Gasteiger partial charge on any atom is 0.250 e. The lowest BCUT2D eigenvalue weighted by atomic mass is 9.81. The summed E-state index contributed by atoms with van der Waals surface area (Å²) in [7, 11) is 0. The summed E-state index contributed by atoms with van der Waals surface area (Å²) in [6, 6.07) is 6.91. The lowest BCUT2D eigenvalue weighted by Gasteiger charge is -2.49. The third kappa shape index (κ3) is 2.91. The van der Waals surface area contributed by atoms with E-state index in [1.165, 1.54) is 12.3 Å². The summed E-state index contributed by atoms with van der Waals surface area (Å²) in [5.74, 6) is 1.81. The van der Waals surface area contributed by atoms with Crippen LogP contribution in [-0.4, -0.2) is 41.8 Å². The Kier molecular flexibility index (Phi) is 4.02. The molecule has 5 nitrogen and oxygen atoms in total. The van der Waals surface area contributed by atoms with Crippen LogP contribution in [-0.2, 0) is 11.3 Å². The lowest BCUT2D eigenvalue weighted by Crippen LogP contribution is -2.64. The molecule has 0 aromatic carbocycles. The van der Waals surface area contributed by atoms with E-state index in [0.29, 0.717) is 6.61 Å². The first kappa shape index (κ1) is 15.6. The summed E-state index contributed by atoms with van der Waals surface area (Å²) in [5.41, 5.74) is -0.174. The van der Waals surface area contributed by atoms with E-state index < -0.39 is 5.82 Å². The van der Waals surface area contributed by atoms with E-state index in [1.54, 1.807) is 6.07 Å². The number of rotatable bonds is 5. The van der Waals surface area contributed by atoms with Crippen LogP contribution in [0.15, 0.2) is 34.9 Å². The molecule has 0 amide bonds. The van der Waals surface area contributed by atoms with Crippen molar-refractivity contribution in [1.82, 2.24) is 9.88 Å². The summed E-state index contributed by atoms with van der Waals surface area (Å²) in [6.45, 7) is 5.61. The summed E-state index contributed by atoms with van der Waals surface area (Å²) in [4.78, 5) is 6.25. The van der Waals surface area contributed by atoms with Crippen molar-refractivity contribution >= 4 is 0 Å². The van der Waals surface area contributed by atoms with Gasteiger partial charge in [0.25, 0.3) is 0 Å². The van der Waals surface area contributed by atoms with Crippen molar-refractivity contribution < 1.29 is 18.3 Å². The van der Waals surface area contributed by atoms with Crippen molar-refractivity contribution in [3.8, 4) is 5.88 Å². The Balaban J connectivity index is 1.33. The molecule has 2 aromatic rings. The second kappa shape index (κ2) is 6.18. The van der Waals surface area contributed by atoms with E-state index >= 15 is 0 Å². The second-order valence-electron chi connectivity index (χ2n) is 6.66. The van der Waals surface area contributed by atoms with Crippen molar-refractivity contribution in [2.24, 2.45) is 5.92 Å². The molecule has 0 radical (unpaired) electrons. The normalized spacial score (nSPS) is 22.7. The zero-order valence-electron chi connectivity index (χ0n) is 13.7. The number of halogens is 1. The van der Waals surface area contributed by atoms with Gasteiger partial charge in [0.15, 0.2) is 5.82 Å². The maximum absolute atomic E-state index is 13.6. The highest BCUT2D eigenvalue weighted by Gasteiger charge is 2.53. The van der Waals surface area contributed by atoms with Gasteiger partial charge in [0.1, 0.15) is 11.5 Å². The zero-order valence-corrected chi connectivity index (χ0v) is 13.7. The van der Waals surface area contributed by atoms with Gasteiger partial charge in [0, 0.05) is 31.8 Å². The molecule has 1 atom stereocenters. The molecule has 0 saturated carbocycles. The Morgan fingerprint density at radius 3 is 3.00 bits per heavy atom. The predicted molar refractivity (Wildman–Crippen MR) is 85.2 cm³/mol. The standard InChI is InChI=1S/C18H21FN2O3/c1-13-4-5-15(24-13)9-21-11-18(12-21)14(6-8-23-18)10-22-17-16(19)3-2-7-20-17/h2-5,7,14H,6,8-12H2,1H3. The molecule has 6 heteroatoms. The van der Waals surface area contributed by atoms with Crippen LogP contribution >= 0.6 is 0 Å². The van der Waals surface area contributed by atoms with E-state index in [4.69, 9.17) is 13.9 Å². The van der Waals surface area contributed by atoms with Crippen LogP contribution < -0.4 is 4.74 Å². The first-order chi connectivity index (χ1) is 11.6. The fourth-order valence-electron chi connectivity index (χ4n) is 3.64. The molecular weight excluding hydrogens is 311 g/mol. The molecule has 4 rings (SSSR count). The Bertz CT molecular complexity index is 712. The first-order valence-electron chi connectivity index (χ1n) is 8.30. The fraction of sp³-hybridized carbons (Fsp3) is 0.500. The Morgan fingerprint density at radius 1 is 1.38 bits per heavy atom. The van der Waals surface area contributed by atoms with Gasteiger partial charge in [-0.1, -0.05) is 0 Å². The fourth-order valence-corrected chi connectivity index (χ4v) is 3.64. The number of furan rings is 1. The molecule has 2 aliphatic rings. The number of pyridine rings is 1. The van der Waals surface area contributed by atoms with Gasteiger partial charge < -0.3 is 13.9 Å². The van der Waals surface area contributed by atoms with E-state index in [0.717, 1.165) is 44.2 Å². The molecule has 0 N–H and O–H groups in total. The van der Waals surface area contributed by atoms with Crippen LogP contribution in [0.25, 0.3) is 0 Å². The van der Waals surface area contributed by atoms with Crippen LogP contribution in [0.3, 0.4) is 0 Å². The maximum atomic E-state index is 13.6. The van der Waals surface area contributed by atoms with Gasteiger partial charge in [-0.05, 0) is 37.6 Å². The Labute approximate surface area is 140 Å². The quantitative estimate of drug-likeness (QED) is 0.843. The smallest absolute Gasteiger partial charge is 0.250 e. The third-order valence-corrected chi connectivity index (χ3v) is 4.90. The number of aromatic nitrogens is 1. The number of aryl methyl sites for hydroxylation is 1. The Hall–Kier alpha value is -1.92. The first-order valence-corrected chi connectivity index (χ1v) is 8.30. The van der Waals surface area contributed by atoms with Crippen molar-refractivity contribution in [1.29, 1.82) is 0 Å². The number of likely N-dealkylation sites (tertiary alicyclic amines) is 1. The molecule has 2 fully saturated rings. The highest BCUT2D eigenvalue weighted by Crippen LogP contribution is 2.40. The highest BCUT2D eigenvalue weighted by molar-refractivity contribution is 5.14. The second-order valence-corrected chi connectivity index (χ2v) is 6.66. The number of hydrogen-bond donors (Lipinski definition) is 0. The third-order valence-electron chi connectivity index (χ3n) is 4.90. The zero-order chi connectivity index (χ0) is 16.6. The summed E-state index contributed by atoms with van der Waals surface area (Å²) in [5, 5.41) is 0. The summed E-state index contributed by atoms with van der Waals surface area (Å²) in [6.07, 6.45) is 2.47. The molecule has 24 heavy (non-hydrogen) atoms. The van der Waals surface area contributed by atoms with Crippen molar-refractivity contribution in [3.05, 3.63) is 47.8 Å². The van der Waals surface area contributed by atoms with E-state index in [1.807, 2.05) is 19.1 Å². The molecule has 1 spiro atoms. The van der Waals surface area contributed by atoms with Gasteiger partial charge in [-0.2, -0.15) is 0 Å². The van der Waals surface area contributed by atoms with Crippen LogP contribution in [0.5, 0.6) is 5.88 Å². The molecule has 2 aromatic heterocycles. The van der Waals surface area contributed by atoms with Crippen LogP contribution in [0.1, 0.15) is 17.9 Å². The minimum Gasteiger partial charge on any atom is -0.475 e. The Morgan fingerprint density at radius 2 is 2.25 bits per heavy atom. The molecule has 128 valence electrons. The van der Waals surface area contributed by atoms with Gasteiger partial charge >= 0.3 is 0 Å². The molecular formula is C18H21FN2O3. The average Bonchev–Trinajstić information content (AvgIpc) is 3.13. The molecule has 0 bridgehead atoms. The predicted octanol–water partition coefficient (Wildman–Crippen LogP) is 2.79. The largest absolute Gasteiger partial charge is 0.475 e. The molecule has 2 aliphatic heterocycles. The lowest BCUT2D eigenvalue weighted by molar-refractivity contribution is -0.142. The summed E-state index contributed by atoms with van der Waals surface area (Å²) < 4.78 is 30.9. The average molecular weight is 332 g/mol. The van der Waals surface area contributed by atoms with Crippen LogP contribution in [0.2, 0.25) is 0 Å². The van der Waals surface area contributed by atoms with Crippen LogP contribution in [0, 0.1) is 18.7 Å². The van der Waals surface area contributed by atoms with Crippen molar-refractivity contribution in [2.75, 3.05) is 26.3 Å². The number of hydrogen-bond acceptors (Lipinski definition) is 5. The molecule has 0 aliphatic carbocycles. The number of ether oxygens (including phenoxy) is 2. The van der Waals surface area contributed by atoms with Gasteiger partial charge in [-0.15, -0.1) is 0 Å². The van der Waals surface area contributed by atoms with E-state index in [-0.39, 0.29) is 17.4 Å². The van der Waals surface area contributed by atoms with Crippen molar-refractivity contribution in [2.45, 2.75) is 25.5 Å². The number of nitrogens with zero attached hydrogens (tertiary/aromatic N) is 2. The SMILES string of the molecule is Cc1ccc(CN2CC3(C2)OCCC3COc2ncccc2F)o1. The van der Waals surface area contributed by atoms with E-state index in [2.05, 4.69) is 9.88 Å². The molecule has 2 saturated heterocycles. The minimum atomic E-state index is -0.422. The summed E-state index contributed by atoms with van der Waals surface area (Å²) >= 11 is 0. The van der Waals surface area contributed by atoms with Gasteiger partial charge in [0.2, 0.25) is 5.88 Å². The van der Waals surface area contributed by atoms with Gasteiger partial charge in [-0.3, -0.25) is 4.90 Å². The van der Waals surface area contributed by atoms with Gasteiger partial charge in [0.05, 0.1) is 18.8 Å². The topological polar surface area (TPSA) is 47.7 Å². The van der Waals surface area contributed by atoms with E-state index in [9.17, 15) is 4.39 Å². The molecule has 1 unspecified atom stereocenters. The highest BCUT2D eigenvalue weighted by atomic mass is 19.1. The monoisotopic (exact) mass is 332 g/mol. The van der Waals surface area contributed by atoms with Crippen LogP contribution in [0.4, 0.5) is 4.39 Å². The van der Waals surface area contributed by atoms with Gasteiger partial charge in [-0.25, -0.2) is 9.37 Å². The molecule has 4 heterocycles. The minimum absolute atomic E-state index is 0.0711. The van der Waals surface area contributed by atoms with Crippen molar-refractivity contribution in [3.63, 3.8) is 0 Å².